The van der Waals surface area contributed by atoms with E-state index in [-0.39, 0.29) is 17.1 Å². The first-order valence-corrected chi connectivity index (χ1v) is 10.8. The third kappa shape index (κ3) is 4.17. The third-order valence-electron chi connectivity index (χ3n) is 5.54. The van der Waals surface area contributed by atoms with Crippen LogP contribution in [0.1, 0.15) is 29.0 Å². The first-order valence-electron chi connectivity index (χ1n) is 10.0. The van der Waals surface area contributed by atoms with Crippen LogP contribution in [0.2, 0.25) is 0 Å². The van der Waals surface area contributed by atoms with Gasteiger partial charge in [0.05, 0.1) is 24.5 Å². The summed E-state index contributed by atoms with van der Waals surface area (Å²) in [6.07, 6.45) is 3.11. The molecular formula is C19H25F2N9OS. The standard InChI is InChI=1S/C19H25F2N9OS/c1-10-12(7-24-28(10)2)17-27-14(15(23)32-17)16(31)26-13-8-25-29(3)18(13)30-5-4-11(22)6-19(20,21)9-30/h7-8,11H,4-6,9,22-23H2,1-3H3,(H,26,31)/t11-/m1/s1. The summed E-state index contributed by atoms with van der Waals surface area (Å²) < 4.78 is 31.8. The number of halogens is 2. The average Bonchev–Trinajstić information content (AvgIpc) is 3.33. The maximum absolute atomic E-state index is 14.3. The number of nitrogens with zero attached hydrogens (tertiary/aromatic N) is 6. The summed E-state index contributed by atoms with van der Waals surface area (Å²) >= 11 is 1.18. The van der Waals surface area contributed by atoms with Crippen LogP contribution in [-0.2, 0) is 14.1 Å². The first kappa shape index (κ1) is 22.1. The van der Waals surface area contributed by atoms with E-state index in [1.54, 1.807) is 17.9 Å². The number of alkyl halides is 2. The molecule has 10 nitrogen and oxygen atoms in total. The molecule has 1 atom stereocenters. The predicted octanol–water partition coefficient (Wildman–Crippen LogP) is 1.98. The maximum atomic E-state index is 14.3. The molecule has 0 saturated carbocycles. The van der Waals surface area contributed by atoms with E-state index in [4.69, 9.17) is 11.5 Å². The number of amides is 1. The molecule has 0 spiro atoms. The van der Waals surface area contributed by atoms with Crippen LogP contribution in [0.3, 0.4) is 0 Å². The zero-order valence-electron chi connectivity index (χ0n) is 18.0. The van der Waals surface area contributed by atoms with Gasteiger partial charge in [-0.1, -0.05) is 11.3 Å². The number of nitrogens with two attached hydrogens (primary N) is 2. The van der Waals surface area contributed by atoms with E-state index >= 15 is 0 Å². The summed E-state index contributed by atoms with van der Waals surface area (Å²) in [7, 11) is 3.45. The van der Waals surface area contributed by atoms with Crippen molar-refractivity contribution in [1.82, 2.24) is 24.5 Å². The molecule has 3 aromatic rings. The highest BCUT2D eigenvalue weighted by Gasteiger charge is 2.38. The van der Waals surface area contributed by atoms with E-state index in [0.29, 0.717) is 29.5 Å². The summed E-state index contributed by atoms with van der Waals surface area (Å²) in [4.78, 5) is 18.9. The summed E-state index contributed by atoms with van der Waals surface area (Å²) in [5.41, 5.74) is 13.9. The Morgan fingerprint density at radius 2 is 2.00 bits per heavy atom. The second-order valence-corrected chi connectivity index (χ2v) is 9.02. The Morgan fingerprint density at radius 1 is 1.28 bits per heavy atom. The van der Waals surface area contributed by atoms with E-state index < -0.39 is 24.4 Å². The first-order chi connectivity index (χ1) is 15.1. The van der Waals surface area contributed by atoms with E-state index in [2.05, 4.69) is 20.5 Å². The lowest BCUT2D eigenvalue weighted by atomic mass is 10.1. The summed E-state index contributed by atoms with van der Waals surface area (Å²) in [6.45, 7) is 1.71. The number of carbonyl (C=O) groups is 1. The van der Waals surface area contributed by atoms with Gasteiger partial charge in [0.2, 0.25) is 0 Å². The monoisotopic (exact) mass is 465 g/mol. The highest BCUT2D eigenvalue weighted by Crippen LogP contribution is 2.35. The minimum Gasteiger partial charge on any atom is -0.389 e. The van der Waals surface area contributed by atoms with Crippen molar-refractivity contribution >= 4 is 33.8 Å². The SMILES string of the molecule is Cc1c(-c2nc(C(=O)Nc3cnn(C)c3N3CC[C@@H](N)CC(F)(F)C3)c(N)s2)cnn1C. The van der Waals surface area contributed by atoms with Gasteiger partial charge >= 0.3 is 0 Å². The molecule has 3 aromatic heterocycles. The molecule has 0 bridgehead atoms. The topological polar surface area (TPSA) is 133 Å². The zero-order valence-corrected chi connectivity index (χ0v) is 18.8. The van der Waals surface area contributed by atoms with Gasteiger partial charge in [-0.15, -0.1) is 0 Å². The van der Waals surface area contributed by atoms with Gasteiger partial charge in [0.1, 0.15) is 15.7 Å². The van der Waals surface area contributed by atoms with E-state index in [0.717, 1.165) is 11.3 Å². The molecule has 4 heterocycles. The van der Waals surface area contributed by atoms with Crippen molar-refractivity contribution in [3.63, 3.8) is 0 Å². The molecule has 0 aliphatic carbocycles. The number of hydrogen-bond donors (Lipinski definition) is 3. The largest absolute Gasteiger partial charge is 0.389 e. The molecule has 1 aliphatic heterocycles. The van der Waals surface area contributed by atoms with Gasteiger partial charge in [-0.2, -0.15) is 10.2 Å². The van der Waals surface area contributed by atoms with Crippen LogP contribution < -0.4 is 21.7 Å². The number of rotatable bonds is 4. The number of thiazole rings is 1. The fraction of sp³-hybridized carbons (Fsp3) is 0.474. The van der Waals surface area contributed by atoms with Gasteiger partial charge in [-0.25, -0.2) is 13.8 Å². The molecule has 0 unspecified atom stereocenters. The van der Waals surface area contributed by atoms with Crippen molar-refractivity contribution in [1.29, 1.82) is 0 Å². The Labute approximate surface area is 187 Å². The fourth-order valence-electron chi connectivity index (χ4n) is 3.81. The van der Waals surface area contributed by atoms with Crippen molar-refractivity contribution in [3.8, 4) is 10.6 Å². The minimum atomic E-state index is -2.95. The number of aromatic nitrogens is 5. The molecule has 1 aliphatic rings. The number of carbonyl (C=O) groups excluding carboxylic acids is 1. The molecule has 1 amide bonds. The fourth-order valence-corrected chi connectivity index (χ4v) is 4.70. The Balaban J connectivity index is 1.60. The van der Waals surface area contributed by atoms with Crippen molar-refractivity contribution < 1.29 is 13.6 Å². The Morgan fingerprint density at radius 3 is 2.69 bits per heavy atom. The molecule has 32 heavy (non-hydrogen) atoms. The lowest BCUT2D eigenvalue weighted by Crippen LogP contribution is -2.37. The highest BCUT2D eigenvalue weighted by molar-refractivity contribution is 7.19. The van der Waals surface area contributed by atoms with Gasteiger partial charge < -0.3 is 21.7 Å². The van der Waals surface area contributed by atoms with Gasteiger partial charge in [-0.05, 0) is 13.3 Å². The lowest BCUT2D eigenvalue weighted by molar-refractivity contribution is -0.000526. The van der Waals surface area contributed by atoms with Crippen LogP contribution in [0, 0.1) is 6.92 Å². The minimum absolute atomic E-state index is 0.0614. The predicted molar refractivity (Wildman–Crippen MR) is 119 cm³/mol. The molecular weight excluding hydrogens is 440 g/mol. The van der Waals surface area contributed by atoms with Crippen LogP contribution >= 0.6 is 11.3 Å². The molecule has 172 valence electrons. The summed E-state index contributed by atoms with van der Waals surface area (Å²) in [5, 5.41) is 11.9. The molecule has 0 aromatic carbocycles. The van der Waals surface area contributed by atoms with Gasteiger partial charge in [-0.3, -0.25) is 14.2 Å². The second-order valence-electron chi connectivity index (χ2n) is 7.99. The Hall–Kier alpha value is -3.06. The van der Waals surface area contributed by atoms with Crippen LogP contribution in [0.15, 0.2) is 12.4 Å². The normalized spacial score (nSPS) is 18.6. The molecule has 0 radical (unpaired) electrons. The van der Waals surface area contributed by atoms with Gasteiger partial charge in [0.15, 0.2) is 11.5 Å². The number of nitrogens with one attached hydrogen (secondary N) is 1. The summed E-state index contributed by atoms with van der Waals surface area (Å²) in [6, 6.07) is -0.592. The molecule has 5 N–H and O–H groups in total. The Kier molecular flexibility index (Phi) is 5.63. The number of hydrogen-bond acceptors (Lipinski definition) is 8. The zero-order chi connectivity index (χ0) is 23.2. The highest BCUT2D eigenvalue weighted by atomic mass is 32.1. The smallest absolute Gasteiger partial charge is 0.277 e. The van der Waals surface area contributed by atoms with Crippen molar-refractivity contribution in [3.05, 3.63) is 23.8 Å². The van der Waals surface area contributed by atoms with Gasteiger partial charge in [0, 0.05) is 38.8 Å². The van der Waals surface area contributed by atoms with E-state index in [9.17, 15) is 13.6 Å². The summed E-state index contributed by atoms with van der Waals surface area (Å²) in [5.74, 6) is -3.11. The molecule has 1 saturated heterocycles. The maximum Gasteiger partial charge on any atom is 0.277 e. The molecule has 13 heteroatoms. The van der Waals surface area contributed by atoms with E-state index in [1.807, 2.05) is 14.0 Å². The molecule has 4 rings (SSSR count). The number of aryl methyl sites for hydroxylation is 2. The van der Waals surface area contributed by atoms with Crippen molar-refractivity contribution in [2.45, 2.75) is 31.7 Å². The van der Waals surface area contributed by atoms with Crippen LogP contribution in [0.5, 0.6) is 0 Å². The van der Waals surface area contributed by atoms with E-state index in [1.165, 1.54) is 27.1 Å². The van der Waals surface area contributed by atoms with Crippen LogP contribution in [-0.4, -0.2) is 55.5 Å². The van der Waals surface area contributed by atoms with Crippen LogP contribution in [0.25, 0.3) is 10.6 Å². The third-order valence-corrected chi connectivity index (χ3v) is 6.46. The Bertz CT molecular complexity index is 1150. The number of nitrogen functional groups attached to an aromatic ring is 1. The quantitative estimate of drug-likeness (QED) is 0.537. The van der Waals surface area contributed by atoms with Gasteiger partial charge in [0.25, 0.3) is 11.8 Å². The van der Waals surface area contributed by atoms with Crippen molar-refractivity contribution in [2.75, 3.05) is 29.0 Å². The lowest BCUT2D eigenvalue weighted by Gasteiger charge is -2.26. The number of anilines is 3. The second kappa shape index (κ2) is 8.13. The average molecular weight is 466 g/mol. The molecule has 1 fully saturated rings. The van der Waals surface area contributed by atoms with Crippen LogP contribution in [0.4, 0.5) is 25.3 Å². The van der Waals surface area contributed by atoms with Crippen molar-refractivity contribution in [2.24, 2.45) is 19.8 Å².